The summed E-state index contributed by atoms with van der Waals surface area (Å²) in [6.45, 7) is -0.573. The Kier molecular flexibility index (Phi) is 4.34. The van der Waals surface area contributed by atoms with Crippen LogP contribution in [0.3, 0.4) is 0 Å². The van der Waals surface area contributed by atoms with Crippen LogP contribution in [-0.2, 0) is 4.79 Å². The fourth-order valence-electron chi connectivity index (χ4n) is 0.812. The minimum absolute atomic E-state index is 0.0294. The first kappa shape index (κ1) is 12.7. The standard InChI is InChI=1S/C8H4Cl4O3/c9-3-1-4(10)7(12)8(6(3)11)15-2-5(13)14/h1H,2H2,(H,13,14). The molecule has 0 saturated heterocycles. The molecule has 82 valence electrons. The second kappa shape index (κ2) is 5.12. The second-order valence-corrected chi connectivity index (χ2v) is 4.05. The van der Waals surface area contributed by atoms with E-state index in [2.05, 4.69) is 0 Å². The largest absolute Gasteiger partial charge is 0.479 e. The lowest BCUT2D eigenvalue weighted by Crippen LogP contribution is -2.10. The van der Waals surface area contributed by atoms with E-state index in [9.17, 15) is 4.79 Å². The van der Waals surface area contributed by atoms with Gasteiger partial charge < -0.3 is 9.84 Å². The molecule has 1 aromatic rings. The van der Waals surface area contributed by atoms with Gasteiger partial charge in [-0.2, -0.15) is 0 Å². The zero-order chi connectivity index (χ0) is 11.6. The predicted molar refractivity (Wildman–Crippen MR) is 59.6 cm³/mol. The number of halogens is 4. The molecule has 7 heteroatoms. The van der Waals surface area contributed by atoms with Crippen molar-refractivity contribution in [3.63, 3.8) is 0 Å². The van der Waals surface area contributed by atoms with Crippen LogP contribution in [0.1, 0.15) is 0 Å². The topological polar surface area (TPSA) is 46.5 Å². The Hall–Kier alpha value is -0.350. The van der Waals surface area contributed by atoms with Crippen LogP contribution in [0.2, 0.25) is 20.1 Å². The van der Waals surface area contributed by atoms with E-state index in [1.807, 2.05) is 0 Å². The molecule has 0 aromatic heterocycles. The van der Waals surface area contributed by atoms with Crippen LogP contribution in [-0.4, -0.2) is 17.7 Å². The van der Waals surface area contributed by atoms with Crippen molar-refractivity contribution < 1.29 is 14.6 Å². The number of ether oxygens (including phenoxy) is 1. The van der Waals surface area contributed by atoms with E-state index in [0.29, 0.717) is 0 Å². The van der Waals surface area contributed by atoms with Gasteiger partial charge in [0.05, 0.1) is 10.0 Å². The first-order chi connectivity index (χ1) is 6.93. The summed E-state index contributed by atoms with van der Waals surface area (Å²) in [6, 6.07) is 1.35. The Morgan fingerprint density at radius 2 is 1.67 bits per heavy atom. The van der Waals surface area contributed by atoms with Gasteiger partial charge >= 0.3 is 5.97 Å². The van der Waals surface area contributed by atoms with Crippen molar-refractivity contribution >= 4 is 52.4 Å². The molecule has 0 radical (unpaired) electrons. The maximum absolute atomic E-state index is 10.3. The molecule has 0 aliphatic carbocycles. The molecule has 0 atom stereocenters. The zero-order valence-corrected chi connectivity index (χ0v) is 10.1. The Bertz CT molecular complexity index is 379. The highest BCUT2D eigenvalue weighted by molar-refractivity contribution is 6.48. The third-order valence-electron chi connectivity index (χ3n) is 1.41. The molecule has 0 aliphatic heterocycles. The Balaban J connectivity index is 3.09. The van der Waals surface area contributed by atoms with Gasteiger partial charge in [-0.15, -0.1) is 0 Å². The lowest BCUT2D eigenvalue weighted by Gasteiger charge is -2.10. The van der Waals surface area contributed by atoms with Crippen molar-refractivity contribution in [3.8, 4) is 5.75 Å². The molecule has 0 saturated carbocycles. The summed E-state index contributed by atoms with van der Waals surface area (Å²) in [5, 5.41) is 8.78. The summed E-state index contributed by atoms with van der Waals surface area (Å²) in [7, 11) is 0. The molecular formula is C8H4Cl4O3. The molecule has 3 nitrogen and oxygen atoms in total. The zero-order valence-electron chi connectivity index (χ0n) is 7.06. The summed E-state index contributed by atoms with van der Waals surface area (Å²) < 4.78 is 4.86. The normalized spacial score (nSPS) is 10.1. The number of hydrogen-bond acceptors (Lipinski definition) is 2. The average Bonchev–Trinajstić information content (AvgIpc) is 2.14. The number of carboxylic acid groups (broad SMARTS) is 1. The van der Waals surface area contributed by atoms with Gasteiger partial charge in [-0.25, -0.2) is 4.79 Å². The molecule has 0 spiro atoms. The van der Waals surface area contributed by atoms with E-state index in [0.717, 1.165) is 0 Å². The predicted octanol–water partition coefficient (Wildman–Crippen LogP) is 3.76. The molecule has 0 aliphatic rings. The monoisotopic (exact) mass is 288 g/mol. The molecule has 1 rings (SSSR count). The number of rotatable bonds is 3. The number of carbonyl (C=O) groups is 1. The van der Waals surface area contributed by atoms with Gasteiger partial charge in [0.2, 0.25) is 0 Å². The summed E-state index contributed by atoms with van der Waals surface area (Å²) >= 11 is 22.9. The van der Waals surface area contributed by atoms with Crippen LogP contribution >= 0.6 is 46.4 Å². The number of aliphatic carboxylic acids is 1. The minimum atomic E-state index is -1.15. The molecule has 15 heavy (non-hydrogen) atoms. The van der Waals surface area contributed by atoms with Crippen LogP contribution in [0, 0.1) is 0 Å². The van der Waals surface area contributed by atoms with E-state index in [4.69, 9.17) is 56.2 Å². The Morgan fingerprint density at radius 3 is 2.07 bits per heavy atom. The second-order valence-electron chi connectivity index (χ2n) is 2.48. The average molecular weight is 290 g/mol. The highest BCUT2D eigenvalue weighted by Gasteiger charge is 2.16. The van der Waals surface area contributed by atoms with Crippen molar-refractivity contribution in [2.24, 2.45) is 0 Å². The van der Waals surface area contributed by atoms with Crippen molar-refractivity contribution in [2.45, 2.75) is 0 Å². The highest BCUT2D eigenvalue weighted by atomic mass is 35.5. The maximum atomic E-state index is 10.3. The highest BCUT2D eigenvalue weighted by Crippen LogP contribution is 2.42. The van der Waals surface area contributed by atoms with Crippen molar-refractivity contribution in [2.75, 3.05) is 6.61 Å². The van der Waals surface area contributed by atoms with E-state index >= 15 is 0 Å². The van der Waals surface area contributed by atoms with E-state index in [-0.39, 0.29) is 25.8 Å². The van der Waals surface area contributed by atoms with Gasteiger partial charge in [-0.05, 0) is 6.07 Å². The van der Waals surface area contributed by atoms with Crippen LogP contribution < -0.4 is 4.74 Å². The first-order valence-electron chi connectivity index (χ1n) is 3.61. The van der Waals surface area contributed by atoms with Crippen LogP contribution in [0.5, 0.6) is 5.75 Å². The first-order valence-corrected chi connectivity index (χ1v) is 5.12. The van der Waals surface area contributed by atoms with Gasteiger partial charge in [0, 0.05) is 0 Å². The number of benzene rings is 1. The molecule has 0 fully saturated rings. The summed E-state index contributed by atoms with van der Waals surface area (Å²) in [5.41, 5.74) is 0. The van der Waals surface area contributed by atoms with Crippen molar-refractivity contribution in [1.29, 1.82) is 0 Å². The number of hydrogen-bond donors (Lipinski definition) is 1. The third kappa shape index (κ3) is 3.05. The molecule has 0 heterocycles. The Morgan fingerprint density at radius 1 is 1.20 bits per heavy atom. The molecule has 0 unspecified atom stereocenters. The maximum Gasteiger partial charge on any atom is 0.341 e. The third-order valence-corrected chi connectivity index (χ3v) is 2.95. The van der Waals surface area contributed by atoms with Gasteiger partial charge in [-0.1, -0.05) is 46.4 Å². The molecule has 0 amide bonds. The molecule has 1 N–H and O–H groups in total. The van der Waals surface area contributed by atoms with E-state index < -0.39 is 12.6 Å². The van der Waals surface area contributed by atoms with Crippen LogP contribution in [0.25, 0.3) is 0 Å². The molecular weight excluding hydrogens is 286 g/mol. The molecule has 1 aromatic carbocycles. The Labute approximate surface area is 105 Å². The van der Waals surface area contributed by atoms with Crippen LogP contribution in [0.4, 0.5) is 0 Å². The minimum Gasteiger partial charge on any atom is -0.479 e. The summed E-state index contributed by atoms with van der Waals surface area (Å²) in [6.07, 6.45) is 0. The fourth-order valence-corrected chi connectivity index (χ4v) is 1.71. The lowest BCUT2D eigenvalue weighted by molar-refractivity contribution is -0.139. The van der Waals surface area contributed by atoms with Crippen LogP contribution in [0.15, 0.2) is 6.07 Å². The summed E-state index contributed by atoms with van der Waals surface area (Å²) in [5.74, 6) is -1.18. The summed E-state index contributed by atoms with van der Waals surface area (Å²) in [4.78, 5) is 10.3. The SMILES string of the molecule is O=C(O)COc1c(Cl)c(Cl)cc(Cl)c1Cl. The van der Waals surface area contributed by atoms with Gasteiger partial charge in [0.25, 0.3) is 0 Å². The van der Waals surface area contributed by atoms with E-state index in [1.165, 1.54) is 6.07 Å². The van der Waals surface area contributed by atoms with Gasteiger partial charge in [0.1, 0.15) is 10.0 Å². The quantitative estimate of drug-likeness (QED) is 0.862. The lowest BCUT2D eigenvalue weighted by atomic mass is 10.3. The smallest absolute Gasteiger partial charge is 0.341 e. The van der Waals surface area contributed by atoms with Crippen molar-refractivity contribution in [1.82, 2.24) is 0 Å². The van der Waals surface area contributed by atoms with E-state index in [1.54, 1.807) is 0 Å². The number of carboxylic acids is 1. The van der Waals surface area contributed by atoms with Gasteiger partial charge in [-0.3, -0.25) is 0 Å². The molecule has 0 bridgehead atoms. The van der Waals surface area contributed by atoms with Gasteiger partial charge in [0.15, 0.2) is 12.4 Å². The van der Waals surface area contributed by atoms with Crippen molar-refractivity contribution in [3.05, 3.63) is 26.2 Å². The fraction of sp³-hybridized carbons (Fsp3) is 0.125.